The smallest absolute Gasteiger partial charge is 0.406 e. The van der Waals surface area contributed by atoms with Crippen molar-refractivity contribution < 1.29 is 27.5 Å². The fourth-order valence-electron chi connectivity index (χ4n) is 3.44. The fourth-order valence-corrected chi connectivity index (χ4v) is 3.44. The number of rotatable bonds is 7. The molecule has 0 bridgehead atoms. The summed E-state index contributed by atoms with van der Waals surface area (Å²) in [6, 6.07) is 5.56. The van der Waals surface area contributed by atoms with E-state index in [1.807, 2.05) is 13.8 Å². The van der Waals surface area contributed by atoms with Crippen molar-refractivity contribution in [3.8, 4) is 5.75 Å². The number of halogens is 3. The lowest BCUT2D eigenvalue weighted by molar-refractivity contribution is -0.274. The zero-order chi connectivity index (χ0) is 20.2. The Balaban J connectivity index is 1.95. The summed E-state index contributed by atoms with van der Waals surface area (Å²) in [5.41, 5.74) is 0.682. The van der Waals surface area contributed by atoms with Gasteiger partial charge in [0.05, 0.1) is 5.92 Å². The predicted octanol–water partition coefficient (Wildman–Crippen LogP) is 3.58. The van der Waals surface area contributed by atoms with E-state index < -0.39 is 6.36 Å². The molecule has 0 saturated carbocycles. The van der Waals surface area contributed by atoms with E-state index in [1.54, 1.807) is 11.9 Å². The number of hydrogen-bond donors (Lipinski definition) is 0. The predicted molar refractivity (Wildman–Crippen MR) is 93.8 cm³/mol. The van der Waals surface area contributed by atoms with Gasteiger partial charge in [-0.15, -0.1) is 13.2 Å². The van der Waals surface area contributed by atoms with Crippen molar-refractivity contribution >= 4 is 11.8 Å². The number of nitrogens with zero attached hydrogens (tertiary/aromatic N) is 2. The van der Waals surface area contributed by atoms with E-state index in [4.69, 9.17) is 0 Å². The van der Waals surface area contributed by atoms with Crippen LogP contribution in [0.1, 0.15) is 38.7 Å². The summed E-state index contributed by atoms with van der Waals surface area (Å²) in [4.78, 5) is 28.2. The van der Waals surface area contributed by atoms with Crippen molar-refractivity contribution in [2.45, 2.75) is 52.1 Å². The number of carbonyl (C=O) groups is 2. The van der Waals surface area contributed by atoms with Gasteiger partial charge in [0.25, 0.3) is 0 Å². The average Bonchev–Trinajstić information content (AvgIpc) is 2.97. The Morgan fingerprint density at radius 1 is 1.26 bits per heavy atom. The molecular weight excluding hydrogens is 361 g/mol. The lowest BCUT2D eigenvalue weighted by atomic mass is 10.1. The highest BCUT2D eigenvalue weighted by molar-refractivity contribution is 5.89. The van der Waals surface area contributed by atoms with Crippen molar-refractivity contribution in [1.29, 1.82) is 0 Å². The van der Waals surface area contributed by atoms with E-state index in [2.05, 4.69) is 4.74 Å². The Bertz CT molecular complexity index is 657. The number of likely N-dealkylation sites (tertiary alicyclic amines) is 1. The number of carbonyl (C=O) groups excluding carboxylic acids is 2. The minimum absolute atomic E-state index is 0.00380. The second-order valence-electron chi connectivity index (χ2n) is 6.80. The van der Waals surface area contributed by atoms with Crippen LogP contribution in [-0.4, -0.2) is 47.6 Å². The molecule has 1 aliphatic heterocycles. The Hall–Kier alpha value is -2.25. The number of hydrogen-bond acceptors (Lipinski definition) is 3. The summed E-state index contributed by atoms with van der Waals surface area (Å²) in [6.07, 6.45) is -2.82. The van der Waals surface area contributed by atoms with E-state index in [0.29, 0.717) is 12.1 Å². The molecule has 27 heavy (non-hydrogen) atoms. The quantitative estimate of drug-likeness (QED) is 0.720. The summed E-state index contributed by atoms with van der Waals surface area (Å²) in [5.74, 6) is -0.810. The summed E-state index contributed by atoms with van der Waals surface area (Å²) >= 11 is 0. The van der Waals surface area contributed by atoms with E-state index >= 15 is 0 Å². The second-order valence-corrected chi connectivity index (χ2v) is 6.80. The van der Waals surface area contributed by atoms with Crippen LogP contribution in [0.4, 0.5) is 13.2 Å². The van der Waals surface area contributed by atoms with Gasteiger partial charge in [0.15, 0.2) is 0 Å². The molecule has 0 aliphatic carbocycles. The third kappa shape index (κ3) is 5.61. The number of ether oxygens (including phenoxy) is 1. The SMILES string of the molecule is CCC(CC)N1CC(C(=O)N(C)Cc2ccc(OC(F)(F)F)cc2)CC1=O. The molecule has 0 N–H and O–H groups in total. The second kappa shape index (κ2) is 8.63. The molecule has 2 amide bonds. The number of benzene rings is 1. The molecule has 0 aromatic heterocycles. The Morgan fingerprint density at radius 2 is 1.85 bits per heavy atom. The van der Waals surface area contributed by atoms with Gasteiger partial charge in [0.2, 0.25) is 11.8 Å². The molecule has 1 aliphatic rings. The molecule has 1 heterocycles. The maximum absolute atomic E-state index is 12.7. The first kappa shape index (κ1) is 21.1. The minimum Gasteiger partial charge on any atom is -0.406 e. The lowest BCUT2D eigenvalue weighted by Crippen LogP contribution is -2.38. The molecule has 2 rings (SSSR count). The highest BCUT2D eigenvalue weighted by Crippen LogP contribution is 2.26. The third-order valence-electron chi connectivity index (χ3n) is 4.84. The van der Waals surface area contributed by atoms with Crippen molar-refractivity contribution in [2.75, 3.05) is 13.6 Å². The maximum atomic E-state index is 12.7. The Kier molecular flexibility index (Phi) is 6.73. The van der Waals surface area contributed by atoms with Gasteiger partial charge in [-0.1, -0.05) is 26.0 Å². The van der Waals surface area contributed by atoms with Crippen LogP contribution in [0, 0.1) is 5.92 Å². The standard InChI is InChI=1S/C19H25F3N2O3/c1-4-15(5-2)24-12-14(10-17(24)25)18(26)23(3)11-13-6-8-16(9-7-13)27-19(20,21)22/h6-9,14-15H,4-5,10-12H2,1-3H3. The van der Waals surface area contributed by atoms with Gasteiger partial charge in [-0.25, -0.2) is 0 Å². The van der Waals surface area contributed by atoms with Crippen molar-refractivity contribution in [1.82, 2.24) is 9.80 Å². The molecule has 1 aromatic rings. The molecule has 0 spiro atoms. The van der Waals surface area contributed by atoms with Crippen LogP contribution in [0.2, 0.25) is 0 Å². The van der Waals surface area contributed by atoms with Gasteiger partial charge in [-0.2, -0.15) is 0 Å². The van der Waals surface area contributed by atoms with E-state index in [-0.39, 0.29) is 42.5 Å². The van der Waals surface area contributed by atoms with Crippen LogP contribution in [0.5, 0.6) is 5.75 Å². The summed E-state index contributed by atoms with van der Waals surface area (Å²) in [6.45, 7) is 4.72. The fraction of sp³-hybridized carbons (Fsp3) is 0.579. The number of amides is 2. The summed E-state index contributed by atoms with van der Waals surface area (Å²) in [7, 11) is 1.63. The van der Waals surface area contributed by atoms with Gasteiger partial charge in [-0.3, -0.25) is 9.59 Å². The molecule has 5 nitrogen and oxygen atoms in total. The first-order valence-corrected chi connectivity index (χ1v) is 9.03. The Morgan fingerprint density at radius 3 is 2.37 bits per heavy atom. The Labute approximate surface area is 157 Å². The lowest BCUT2D eigenvalue weighted by Gasteiger charge is -2.27. The summed E-state index contributed by atoms with van der Waals surface area (Å²) in [5, 5.41) is 0. The third-order valence-corrected chi connectivity index (χ3v) is 4.84. The largest absolute Gasteiger partial charge is 0.573 e. The van der Waals surface area contributed by atoms with Gasteiger partial charge in [-0.05, 0) is 30.5 Å². The van der Waals surface area contributed by atoms with Crippen molar-refractivity contribution in [3.05, 3.63) is 29.8 Å². The molecule has 1 aromatic carbocycles. The van der Waals surface area contributed by atoms with Crippen LogP contribution in [0.15, 0.2) is 24.3 Å². The van der Waals surface area contributed by atoms with Crippen LogP contribution < -0.4 is 4.74 Å². The molecule has 0 radical (unpaired) electrons. The first-order chi connectivity index (χ1) is 12.6. The monoisotopic (exact) mass is 386 g/mol. The highest BCUT2D eigenvalue weighted by Gasteiger charge is 2.38. The molecule has 1 unspecified atom stereocenters. The van der Waals surface area contributed by atoms with Gasteiger partial charge >= 0.3 is 6.36 Å². The minimum atomic E-state index is -4.73. The molecular formula is C19H25F3N2O3. The van der Waals surface area contributed by atoms with Crippen LogP contribution in [0.3, 0.4) is 0 Å². The maximum Gasteiger partial charge on any atom is 0.573 e. The van der Waals surface area contributed by atoms with E-state index in [0.717, 1.165) is 12.8 Å². The molecule has 150 valence electrons. The van der Waals surface area contributed by atoms with Crippen molar-refractivity contribution in [2.24, 2.45) is 5.92 Å². The van der Waals surface area contributed by atoms with Crippen LogP contribution in [0.25, 0.3) is 0 Å². The van der Waals surface area contributed by atoms with Crippen LogP contribution in [-0.2, 0) is 16.1 Å². The van der Waals surface area contributed by atoms with Crippen LogP contribution >= 0.6 is 0 Å². The summed E-state index contributed by atoms with van der Waals surface area (Å²) < 4.78 is 40.4. The van der Waals surface area contributed by atoms with Gasteiger partial charge in [0.1, 0.15) is 5.75 Å². The average molecular weight is 386 g/mol. The molecule has 1 atom stereocenters. The zero-order valence-corrected chi connectivity index (χ0v) is 15.8. The van der Waals surface area contributed by atoms with E-state index in [1.165, 1.54) is 29.2 Å². The normalized spacial score (nSPS) is 17.5. The van der Waals surface area contributed by atoms with Crippen molar-refractivity contribution in [3.63, 3.8) is 0 Å². The highest BCUT2D eigenvalue weighted by atomic mass is 19.4. The van der Waals surface area contributed by atoms with Gasteiger partial charge in [0, 0.05) is 32.6 Å². The first-order valence-electron chi connectivity index (χ1n) is 9.03. The van der Waals surface area contributed by atoms with Gasteiger partial charge < -0.3 is 14.5 Å². The molecule has 1 saturated heterocycles. The van der Waals surface area contributed by atoms with E-state index in [9.17, 15) is 22.8 Å². The number of alkyl halides is 3. The zero-order valence-electron chi connectivity index (χ0n) is 15.8. The molecule has 8 heteroatoms. The molecule has 1 fully saturated rings. The topological polar surface area (TPSA) is 49.9 Å².